The highest BCUT2D eigenvalue weighted by Gasteiger charge is 2.54. The van der Waals surface area contributed by atoms with Crippen LogP contribution in [-0.2, 0) is 109 Å². The number of rotatable bonds is 49. The Bertz CT molecular complexity index is 5270. The van der Waals surface area contributed by atoms with E-state index in [-0.39, 0.29) is 89.3 Å². The number of hydrogen-bond acceptors (Lipinski definition) is 28. The molecule has 0 bridgehead atoms. The number of carboxylic acid groups (broad SMARTS) is 3. The molecule has 0 radical (unpaired) electrons. The number of aliphatic carboxylic acids is 3. The van der Waals surface area contributed by atoms with Crippen LogP contribution in [0.15, 0.2) is 79.6 Å². The van der Waals surface area contributed by atoms with Crippen LogP contribution in [0.2, 0.25) is 0 Å². The standard InChI is InChI=1S/C82H107N25O28/c1-35(2)64(105-69(121)40(7)95-71(123)50(17-20-59(83)110)100-70(122)41-11-14-47-46(24-41)79(132)135-82(47)48-15-12-44(108)27-57(48)134-58-28-45(109)13-16-49(58)82)77(129)103-55(26-43-31-88-34-92-43)74(126)96-37(4)66(118)93-38(5)68(120)102-54(25-42-30-87-33-91-42)73(125)97-39(6)67(119)99-52(19-22-63(115)116)76(128)106-107(8)81(133)104-56(29-60(84)111)75(127)101-51(18-21-62(113)114)72(124)94-36(3)65(117)90-32-61(112)98-53(78(130)131)10-9-23-89-80(85)86/h11-16,24,27-28,30-31,33-40,50-56,64,108-109H,9-10,17-23,25-26,29,32H2,1-8H3,(H2,83,110)(H2,84,111)(H,87,91)(H,88,92)(H,90,117)(H,93,118)(H,94,124)(H,95,123)(H,96,126)(H,97,125)(H,98,112)(H,99,119)(H,100,122)(H,101,127)(H,102,120)(H,103,129)(H,104,133)(H,105,121)(H,106,128)(H,113,114)(H,115,116)(H,130,131)(H4,85,86,89)/t36-,37-,38-,39-,40-,50-,51-,52-,53-,54-,55-,56-,64-/m0/s1. The number of carboxylic acids is 3. The van der Waals surface area contributed by atoms with Crippen molar-refractivity contribution in [3.05, 3.63) is 119 Å². The van der Waals surface area contributed by atoms with Gasteiger partial charge in [0.05, 0.1) is 42.6 Å². The van der Waals surface area contributed by atoms with Crippen molar-refractivity contribution in [2.45, 2.75) is 203 Å². The van der Waals surface area contributed by atoms with E-state index in [1.165, 1.54) is 114 Å². The molecular weight excluding hydrogens is 1780 g/mol. The maximum atomic E-state index is 14.3. The Balaban J connectivity index is 0.929. The summed E-state index contributed by atoms with van der Waals surface area (Å²) in [5.74, 6) is -23.7. The third kappa shape index (κ3) is 30.5. The van der Waals surface area contributed by atoms with Gasteiger partial charge in [0.15, 0.2) is 11.6 Å². The summed E-state index contributed by atoms with van der Waals surface area (Å²) in [4.78, 5) is 294. The molecule has 4 heterocycles. The molecule has 728 valence electrons. The van der Waals surface area contributed by atoms with Gasteiger partial charge >= 0.3 is 29.9 Å². The third-order valence-corrected chi connectivity index (χ3v) is 20.7. The van der Waals surface area contributed by atoms with E-state index >= 15 is 0 Å². The highest BCUT2D eigenvalue weighted by atomic mass is 16.6. The Morgan fingerprint density at radius 3 is 1.38 bits per heavy atom. The van der Waals surface area contributed by atoms with Crippen LogP contribution in [0.1, 0.15) is 155 Å². The lowest BCUT2D eigenvalue weighted by Gasteiger charge is -2.36. The number of benzene rings is 3. The summed E-state index contributed by atoms with van der Waals surface area (Å²) in [6, 6.07) is -10.2. The van der Waals surface area contributed by atoms with Crippen LogP contribution in [0.25, 0.3) is 0 Å². The minimum Gasteiger partial charge on any atom is -0.508 e. The van der Waals surface area contributed by atoms with E-state index in [9.17, 15) is 126 Å². The molecule has 53 nitrogen and oxygen atoms in total. The van der Waals surface area contributed by atoms with Gasteiger partial charge in [-0.3, -0.25) is 97.1 Å². The largest absolute Gasteiger partial charge is 0.508 e. The maximum Gasteiger partial charge on any atom is 0.340 e. The molecule has 30 N–H and O–H groups in total. The summed E-state index contributed by atoms with van der Waals surface area (Å²) in [5, 5.41) is 92.1. The molecule has 0 aliphatic carbocycles. The number of nitrogens with one attached hydrogen (secondary N) is 19. The van der Waals surface area contributed by atoms with Crippen molar-refractivity contribution in [3.63, 3.8) is 0 Å². The normalized spacial score (nSPS) is 14.7. The van der Waals surface area contributed by atoms with E-state index in [0.717, 1.165) is 20.9 Å². The summed E-state index contributed by atoms with van der Waals surface area (Å²) >= 11 is 0. The minimum absolute atomic E-state index is 0.0820. The van der Waals surface area contributed by atoms with E-state index < -0.39 is 266 Å². The van der Waals surface area contributed by atoms with E-state index in [4.69, 9.17) is 32.1 Å². The first-order valence-electron chi connectivity index (χ1n) is 41.8. The number of carbonyl (C=O) groups excluding carboxylic acids is 18. The number of hydrazine groups is 1. The number of aromatic amines is 2. The number of aromatic nitrogens is 4. The van der Waals surface area contributed by atoms with Gasteiger partial charge in [0, 0.05) is 92.5 Å². The van der Waals surface area contributed by atoms with Crippen LogP contribution >= 0.6 is 0 Å². The smallest absolute Gasteiger partial charge is 0.340 e. The molecule has 0 fully saturated rings. The topological polar surface area (TPSA) is 833 Å². The second kappa shape index (κ2) is 48.4. The van der Waals surface area contributed by atoms with Gasteiger partial charge in [-0.1, -0.05) is 19.9 Å². The molecule has 5 aromatic rings. The van der Waals surface area contributed by atoms with Gasteiger partial charge in [0.1, 0.15) is 102 Å². The summed E-state index contributed by atoms with van der Waals surface area (Å²) in [6.07, 6.45) is -0.271. The third-order valence-electron chi connectivity index (χ3n) is 20.7. The Kier molecular flexibility index (Phi) is 37.8. The molecule has 18 amide bonds. The number of hydrogen-bond donors (Lipinski definition) is 27. The monoisotopic (exact) mass is 1890 g/mol. The first-order valence-corrected chi connectivity index (χ1v) is 41.8. The number of nitrogens with zero attached hydrogens (tertiary/aromatic N) is 3. The second-order valence-corrected chi connectivity index (χ2v) is 31.7. The Labute approximate surface area is 766 Å². The molecule has 53 heteroatoms. The first kappa shape index (κ1) is 105. The zero-order valence-electron chi connectivity index (χ0n) is 74.0. The number of guanidine groups is 1. The molecule has 3 aromatic carbocycles. The number of imidazole rings is 2. The Morgan fingerprint density at radius 1 is 0.467 bits per heavy atom. The van der Waals surface area contributed by atoms with Crippen molar-refractivity contribution in [2.75, 3.05) is 20.1 Å². The van der Waals surface area contributed by atoms with Crippen molar-refractivity contribution in [2.24, 2.45) is 23.1 Å². The summed E-state index contributed by atoms with van der Waals surface area (Å²) in [7, 11) is 0.875. The quantitative estimate of drug-likeness (QED) is 0.00566. The number of esters is 1. The number of amides is 18. The molecule has 135 heavy (non-hydrogen) atoms. The number of primary amides is 2. The zero-order valence-corrected chi connectivity index (χ0v) is 74.0. The Hall–Kier alpha value is -16.6. The maximum absolute atomic E-state index is 14.3. The van der Waals surface area contributed by atoms with Gasteiger partial charge in [0.25, 0.3) is 11.8 Å². The first-order chi connectivity index (χ1) is 63.5. The summed E-state index contributed by atoms with van der Waals surface area (Å²) in [5.41, 5.74) is 17.4. The molecule has 1 spiro atoms. The van der Waals surface area contributed by atoms with E-state index in [0.29, 0.717) is 16.1 Å². The number of H-pyrrole nitrogens is 2. The van der Waals surface area contributed by atoms with Crippen LogP contribution < -0.4 is 107 Å². The molecular formula is C82H107N25O28. The Morgan fingerprint density at radius 2 is 0.904 bits per heavy atom. The predicted molar refractivity (Wildman–Crippen MR) is 462 cm³/mol. The van der Waals surface area contributed by atoms with E-state index in [1.54, 1.807) is 0 Å². The lowest BCUT2D eigenvalue weighted by atomic mass is 9.77. The van der Waals surface area contributed by atoms with E-state index in [1.807, 2.05) is 0 Å². The number of phenolic OH excluding ortho intramolecular Hbond substituents is 2. The average Bonchev–Trinajstić information content (AvgIpc) is 1.56. The van der Waals surface area contributed by atoms with Gasteiger partial charge < -0.3 is 142 Å². The van der Waals surface area contributed by atoms with Gasteiger partial charge in [-0.15, -0.1) is 0 Å². The van der Waals surface area contributed by atoms with Crippen molar-refractivity contribution in [3.8, 4) is 23.0 Å². The van der Waals surface area contributed by atoms with Gasteiger partial charge in [-0.25, -0.2) is 29.4 Å². The minimum atomic E-state index is -2.02. The molecule has 13 atom stereocenters. The predicted octanol–water partition coefficient (Wildman–Crippen LogP) is -6.84. The number of carbonyl (C=O) groups is 21. The average molecular weight is 1890 g/mol. The van der Waals surface area contributed by atoms with Crippen LogP contribution in [0.4, 0.5) is 4.79 Å². The number of fused-ring (bicyclic) bond motifs is 6. The summed E-state index contributed by atoms with van der Waals surface area (Å²) < 4.78 is 12.1. The molecule has 7 rings (SSSR count). The van der Waals surface area contributed by atoms with Crippen molar-refractivity contribution in [1.82, 2.24) is 110 Å². The fourth-order valence-electron chi connectivity index (χ4n) is 13.5. The van der Waals surface area contributed by atoms with Crippen molar-refractivity contribution in [1.29, 1.82) is 5.41 Å². The van der Waals surface area contributed by atoms with Gasteiger partial charge in [0.2, 0.25) is 82.7 Å². The number of phenols is 2. The number of aromatic hydroxyl groups is 2. The van der Waals surface area contributed by atoms with Crippen molar-refractivity contribution < 1.29 is 136 Å². The molecule has 2 aromatic heterocycles. The molecule has 2 aliphatic rings. The number of nitrogens with two attached hydrogens (primary N) is 3. The van der Waals surface area contributed by atoms with Gasteiger partial charge in [-0.05, 0) is 109 Å². The molecule has 0 unspecified atom stereocenters. The van der Waals surface area contributed by atoms with Crippen molar-refractivity contribution >= 4 is 130 Å². The number of ether oxygens (including phenoxy) is 2. The van der Waals surface area contributed by atoms with Gasteiger partial charge in [-0.2, -0.15) is 0 Å². The molecule has 2 aliphatic heterocycles. The highest BCUT2D eigenvalue weighted by Crippen LogP contribution is 2.57. The fraction of sp³-hybridized carbons (Fsp3) is 0.439. The second-order valence-electron chi connectivity index (χ2n) is 31.7. The van der Waals surface area contributed by atoms with Crippen LogP contribution in [0.3, 0.4) is 0 Å². The summed E-state index contributed by atoms with van der Waals surface area (Å²) in [6.45, 7) is 8.25. The number of urea groups is 1. The lowest BCUT2D eigenvalue weighted by Crippen LogP contribution is -2.61. The zero-order chi connectivity index (χ0) is 100. The van der Waals surface area contributed by atoms with Crippen LogP contribution in [0, 0.1) is 11.3 Å². The SMILES string of the molecule is CC(C)[C@H](NC(=O)[C@H](C)NC(=O)[C@H](CCC(N)=O)NC(=O)c1ccc2c(c1)C(=O)OC21c2ccc(O)cc2Oc2cc(O)ccc21)C(=O)N[C@@H](Cc1c[nH]cn1)C(=O)N[C@@H](C)C(=O)N[C@@H](C)C(=O)N[C@@H](Cc1c[nH]cn1)C(=O)N[C@@H](C)C(=O)N[C@@H](CCC(=O)O)C(=O)NN(C)C(=O)N[C@@H](CC(N)=O)C(=O)N[C@@H](CCC(=O)O)C(=O)N[C@@H](C)C(=O)NCC(=O)N[C@@H](CCCNC(=N)N)C(=O)O. The highest BCUT2D eigenvalue weighted by molar-refractivity contribution is 6.05. The lowest BCUT2D eigenvalue weighted by molar-refractivity contribution is -0.142. The molecule has 0 saturated heterocycles. The van der Waals surface area contributed by atoms with Crippen LogP contribution in [0.5, 0.6) is 23.0 Å². The fourth-order valence-corrected chi connectivity index (χ4v) is 13.5. The van der Waals surface area contributed by atoms with E-state index in [2.05, 4.69) is 105 Å². The van der Waals surface area contributed by atoms with Crippen LogP contribution in [-0.4, -0.2) is 280 Å². The molecule has 0 saturated carbocycles.